The summed E-state index contributed by atoms with van der Waals surface area (Å²) in [7, 11) is 0. The highest BCUT2D eigenvalue weighted by Gasteiger charge is 2.39. The molecule has 1 aliphatic rings. The zero-order valence-corrected chi connectivity index (χ0v) is 18.4. The second-order valence-electron chi connectivity index (χ2n) is 7.21. The van der Waals surface area contributed by atoms with E-state index in [1.54, 1.807) is 24.3 Å². The van der Waals surface area contributed by atoms with Crippen molar-refractivity contribution in [3.63, 3.8) is 0 Å². The van der Waals surface area contributed by atoms with Crippen LogP contribution in [0.15, 0.2) is 29.2 Å². The van der Waals surface area contributed by atoms with Crippen LogP contribution < -0.4 is 5.32 Å². The number of carbonyl (C=O) groups excluding carboxylic acids is 3. The fourth-order valence-corrected chi connectivity index (χ4v) is 3.96. The Morgan fingerprint density at radius 1 is 1.10 bits per heavy atom. The summed E-state index contributed by atoms with van der Waals surface area (Å²) in [5.74, 6) is -0.658. The van der Waals surface area contributed by atoms with E-state index in [4.69, 9.17) is 4.74 Å². The van der Waals surface area contributed by atoms with Crippen LogP contribution in [0, 0.1) is 0 Å². The molecular weight excluding hydrogens is 388 g/mol. The highest BCUT2D eigenvalue weighted by molar-refractivity contribution is 8.04. The van der Waals surface area contributed by atoms with Crippen molar-refractivity contribution in [2.45, 2.75) is 52.2 Å². The Hall–Kier alpha value is -2.12. The molecule has 1 aromatic carbocycles. The van der Waals surface area contributed by atoms with Gasteiger partial charge < -0.3 is 10.1 Å². The number of amides is 3. The molecule has 0 atom stereocenters. The fourth-order valence-electron chi connectivity index (χ4n) is 2.95. The average Bonchev–Trinajstić information content (AvgIpc) is 2.88. The van der Waals surface area contributed by atoms with Crippen molar-refractivity contribution in [1.82, 2.24) is 4.90 Å². The van der Waals surface area contributed by atoms with E-state index in [1.807, 2.05) is 13.8 Å². The molecule has 0 aromatic heterocycles. The van der Waals surface area contributed by atoms with Gasteiger partial charge in [-0.25, -0.2) is 0 Å². The number of hydrogen-bond donors (Lipinski definition) is 1. The zero-order valence-electron chi connectivity index (χ0n) is 17.6. The molecule has 3 amide bonds. The molecule has 0 saturated heterocycles. The van der Waals surface area contributed by atoms with E-state index in [0.717, 1.165) is 12.8 Å². The van der Waals surface area contributed by atoms with Crippen molar-refractivity contribution in [2.24, 2.45) is 0 Å². The van der Waals surface area contributed by atoms with Crippen molar-refractivity contribution in [3.8, 4) is 0 Å². The van der Waals surface area contributed by atoms with Gasteiger partial charge in [-0.3, -0.25) is 19.3 Å². The van der Waals surface area contributed by atoms with Gasteiger partial charge in [-0.1, -0.05) is 39.3 Å². The topological polar surface area (TPSA) is 75.7 Å². The number of imide groups is 1. The molecule has 0 bridgehead atoms. The molecule has 0 unspecified atom stereocenters. The summed E-state index contributed by atoms with van der Waals surface area (Å²) in [6.45, 7) is 9.13. The maximum Gasteiger partial charge on any atom is 0.267 e. The lowest BCUT2D eigenvalue weighted by atomic mass is 10.1. The van der Waals surface area contributed by atoms with Crippen molar-refractivity contribution >= 4 is 40.7 Å². The van der Waals surface area contributed by atoms with Gasteiger partial charge in [0.15, 0.2) is 0 Å². The van der Waals surface area contributed by atoms with E-state index >= 15 is 0 Å². The number of thioether (sulfide) groups is 1. The number of rotatable bonds is 11. The SMILES string of the molecule is CCCCOCCCN1C(=O)C(SC(C)C)=C(c2ccc(NC(C)=O)cc2)C1=O. The van der Waals surface area contributed by atoms with Crippen LogP contribution in [0.2, 0.25) is 0 Å². The van der Waals surface area contributed by atoms with E-state index in [1.165, 1.54) is 23.6 Å². The molecule has 0 spiro atoms. The summed E-state index contributed by atoms with van der Waals surface area (Å²) in [5.41, 5.74) is 1.77. The number of ether oxygens (including phenoxy) is 1. The summed E-state index contributed by atoms with van der Waals surface area (Å²) in [6, 6.07) is 7.01. The number of nitrogens with zero attached hydrogens (tertiary/aromatic N) is 1. The standard InChI is InChI=1S/C22H30N2O4S/c1-5-6-13-28-14-7-12-24-21(26)19(20(22(24)27)29-15(2)3)17-8-10-18(11-9-17)23-16(4)25/h8-11,15H,5-7,12-14H2,1-4H3,(H,23,25). The van der Waals surface area contributed by atoms with Gasteiger partial charge in [-0.15, -0.1) is 11.8 Å². The molecule has 1 N–H and O–H groups in total. The van der Waals surface area contributed by atoms with Crippen LogP contribution >= 0.6 is 11.8 Å². The lowest BCUT2D eigenvalue weighted by molar-refractivity contribution is -0.136. The highest BCUT2D eigenvalue weighted by atomic mass is 32.2. The molecule has 6 nitrogen and oxygen atoms in total. The van der Waals surface area contributed by atoms with Crippen LogP contribution in [0.25, 0.3) is 5.57 Å². The molecule has 0 fully saturated rings. The number of carbonyl (C=O) groups is 3. The number of unbranched alkanes of at least 4 members (excludes halogenated alkanes) is 1. The Balaban J connectivity index is 2.16. The average molecular weight is 419 g/mol. The summed E-state index contributed by atoms with van der Waals surface area (Å²) < 4.78 is 5.55. The third kappa shape index (κ3) is 6.44. The summed E-state index contributed by atoms with van der Waals surface area (Å²) in [5, 5.41) is 2.88. The number of anilines is 1. The quantitative estimate of drug-likeness (QED) is 0.433. The second-order valence-corrected chi connectivity index (χ2v) is 8.80. The molecule has 1 heterocycles. The van der Waals surface area contributed by atoms with Gasteiger partial charge >= 0.3 is 0 Å². The maximum absolute atomic E-state index is 13.1. The Morgan fingerprint density at radius 2 is 1.76 bits per heavy atom. The molecule has 1 aromatic rings. The molecule has 1 aliphatic heterocycles. The van der Waals surface area contributed by atoms with Crippen LogP contribution in [0.5, 0.6) is 0 Å². The Morgan fingerprint density at radius 3 is 2.34 bits per heavy atom. The summed E-state index contributed by atoms with van der Waals surface area (Å²) in [6.07, 6.45) is 2.71. The Labute approximate surface area is 177 Å². The van der Waals surface area contributed by atoms with Gasteiger partial charge in [-0.2, -0.15) is 0 Å². The zero-order chi connectivity index (χ0) is 21.4. The van der Waals surface area contributed by atoms with Crippen LogP contribution in [-0.4, -0.2) is 47.6 Å². The molecule has 158 valence electrons. The minimum Gasteiger partial charge on any atom is -0.381 e. The lowest BCUT2D eigenvalue weighted by Crippen LogP contribution is -2.33. The van der Waals surface area contributed by atoms with Gasteiger partial charge in [0.1, 0.15) is 0 Å². The largest absolute Gasteiger partial charge is 0.381 e. The number of hydrogen-bond acceptors (Lipinski definition) is 5. The van der Waals surface area contributed by atoms with Crippen LogP contribution in [0.1, 0.15) is 52.5 Å². The van der Waals surface area contributed by atoms with Gasteiger partial charge in [0.2, 0.25) is 5.91 Å². The molecule has 0 aliphatic carbocycles. The molecule has 0 radical (unpaired) electrons. The third-order valence-electron chi connectivity index (χ3n) is 4.29. The Bertz CT molecular complexity index is 772. The van der Waals surface area contributed by atoms with Gasteiger partial charge in [0, 0.05) is 37.6 Å². The van der Waals surface area contributed by atoms with Crippen molar-refractivity contribution in [1.29, 1.82) is 0 Å². The van der Waals surface area contributed by atoms with E-state index < -0.39 is 0 Å². The van der Waals surface area contributed by atoms with Crippen LogP contribution in [0.3, 0.4) is 0 Å². The molecular formula is C22H30N2O4S. The maximum atomic E-state index is 13.1. The summed E-state index contributed by atoms with van der Waals surface area (Å²) in [4.78, 5) is 39.0. The molecule has 0 saturated carbocycles. The third-order valence-corrected chi connectivity index (χ3v) is 5.37. The predicted molar refractivity (Wildman–Crippen MR) is 117 cm³/mol. The van der Waals surface area contributed by atoms with Crippen molar-refractivity contribution in [3.05, 3.63) is 34.7 Å². The highest BCUT2D eigenvalue weighted by Crippen LogP contribution is 2.38. The normalized spacial score (nSPS) is 14.3. The van der Waals surface area contributed by atoms with E-state index in [0.29, 0.717) is 47.9 Å². The number of benzene rings is 1. The van der Waals surface area contributed by atoms with Gasteiger partial charge in [0.05, 0.1) is 10.5 Å². The molecule has 7 heteroatoms. The van der Waals surface area contributed by atoms with Crippen LogP contribution in [0.4, 0.5) is 5.69 Å². The van der Waals surface area contributed by atoms with Crippen molar-refractivity contribution < 1.29 is 19.1 Å². The van der Waals surface area contributed by atoms with Gasteiger partial charge in [0.25, 0.3) is 11.8 Å². The van der Waals surface area contributed by atoms with E-state index in [2.05, 4.69) is 12.2 Å². The number of nitrogens with one attached hydrogen (secondary N) is 1. The first-order chi connectivity index (χ1) is 13.8. The fraction of sp³-hybridized carbons (Fsp3) is 0.500. The monoisotopic (exact) mass is 418 g/mol. The lowest BCUT2D eigenvalue weighted by Gasteiger charge is -2.15. The minimum atomic E-state index is -0.265. The molecule has 29 heavy (non-hydrogen) atoms. The molecule has 2 rings (SSSR count). The Kier molecular flexibility index (Phi) is 8.92. The van der Waals surface area contributed by atoms with E-state index in [9.17, 15) is 14.4 Å². The second kappa shape index (κ2) is 11.2. The first-order valence-corrected chi connectivity index (χ1v) is 11.0. The van der Waals surface area contributed by atoms with Crippen molar-refractivity contribution in [2.75, 3.05) is 25.1 Å². The van der Waals surface area contributed by atoms with E-state index in [-0.39, 0.29) is 23.0 Å². The van der Waals surface area contributed by atoms with Gasteiger partial charge in [-0.05, 0) is 30.5 Å². The smallest absolute Gasteiger partial charge is 0.267 e. The first-order valence-electron chi connectivity index (χ1n) is 10.1. The van der Waals surface area contributed by atoms with Crippen LogP contribution in [-0.2, 0) is 19.1 Å². The summed E-state index contributed by atoms with van der Waals surface area (Å²) >= 11 is 1.41. The predicted octanol–water partition coefficient (Wildman–Crippen LogP) is 4.07. The minimum absolute atomic E-state index is 0.160. The first kappa shape index (κ1) is 23.2.